The lowest BCUT2D eigenvalue weighted by Gasteiger charge is -2.41. The van der Waals surface area contributed by atoms with Crippen molar-refractivity contribution in [1.29, 1.82) is 0 Å². The Hall–Kier alpha value is -2.36. The molecule has 0 saturated heterocycles. The third-order valence-electron chi connectivity index (χ3n) is 6.04. The van der Waals surface area contributed by atoms with Crippen molar-refractivity contribution in [2.24, 2.45) is 0 Å². The van der Waals surface area contributed by atoms with Crippen LogP contribution in [0.15, 0.2) is 24.3 Å². The van der Waals surface area contributed by atoms with E-state index in [9.17, 15) is 10.2 Å². The number of rotatable bonds is 4. The van der Waals surface area contributed by atoms with Gasteiger partial charge in [-0.2, -0.15) is 0 Å². The second kappa shape index (κ2) is 6.91. The lowest BCUT2D eigenvalue weighted by atomic mass is 9.72. The van der Waals surface area contributed by atoms with Crippen molar-refractivity contribution in [2.45, 2.75) is 71.3 Å². The largest absolute Gasteiger partial charge is 0.508 e. The van der Waals surface area contributed by atoms with Crippen LogP contribution < -0.4 is 9.47 Å². The number of ether oxygens (including phenoxy) is 2. The van der Waals surface area contributed by atoms with Crippen molar-refractivity contribution in [2.75, 3.05) is 7.11 Å². The molecule has 1 aliphatic heterocycles. The summed E-state index contributed by atoms with van der Waals surface area (Å²) in [6, 6.07) is 7.48. The number of aromatic hydroxyl groups is 2. The van der Waals surface area contributed by atoms with Crippen LogP contribution in [0.4, 0.5) is 0 Å². The molecule has 0 amide bonds. The van der Waals surface area contributed by atoms with Gasteiger partial charge in [0.2, 0.25) is 0 Å². The van der Waals surface area contributed by atoms with Gasteiger partial charge in [-0.3, -0.25) is 0 Å². The topological polar surface area (TPSA) is 58.9 Å². The minimum Gasteiger partial charge on any atom is -0.508 e. The standard InChI is InChI=1S/C24H32O4/c1-14-8-21(27-7)17(10-19(14)25)23(3,4)12-16-13-24(5,6)18-11-20(26)15(2)9-22(18)28-16/h8-11,16,25-26H,12-13H2,1-7H3. The van der Waals surface area contributed by atoms with E-state index in [4.69, 9.17) is 9.47 Å². The van der Waals surface area contributed by atoms with E-state index in [2.05, 4.69) is 27.7 Å². The van der Waals surface area contributed by atoms with Gasteiger partial charge in [-0.1, -0.05) is 27.7 Å². The quantitative estimate of drug-likeness (QED) is 0.729. The number of phenols is 2. The smallest absolute Gasteiger partial charge is 0.123 e. The Morgan fingerprint density at radius 1 is 1.07 bits per heavy atom. The molecule has 4 heteroatoms. The van der Waals surface area contributed by atoms with Gasteiger partial charge in [-0.25, -0.2) is 0 Å². The highest BCUT2D eigenvalue weighted by atomic mass is 16.5. The van der Waals surface area contributed by atoms with Crippen molar-refractivity contribution in [3.63, 3.8) is 0 Å². The first-order valence-electron chi connectivity index (χ1n) is 9.83. The minimum absolute atomic E-state index is 0.0228. The van der Waals surface area contributed by atoms with Crippen LogP contribution in [0.25, 0.3) is 0 Å². The van der Waals surface area contributed by atoms with Gasteiger partial charge in [-0.15, -0.1) is 0 Å². The third-order valence-corrected chi connectivity index (χ3v) is 6.04. The fourth-order valence-corrected chi connectivity index (χ4v) is 4.36. The van der Waals surface area contributed by atoms with Crippen LogP contribution in [0.3, 0.4) is 0 Å². The maximum atomic E-state index is 10.2. The molecule has 28 heavy (non-hydrogen) atoms. The van der Waals surface area contributed by atoms with Crippen LogP contribution >= 0.6 is 0 Å². The molecule has 0 saturated carbocycles. The van der Waals surface area contributed by atoms with Crippen LogP contribution in [0.1, 0.15) is 62.8 Å². The van der Waals surface area contributed by atoms with Gasteiger partial charge in [0.05, 0.1) is 7.11 Å². The molecule has 0 radical (unpaired) electrons. The van der Waals surface area contributed by atoms with E-state index in [0.717, 1.165) is 46.6 Å². The molecule has 2 aromatic rings. The highest BCUT2D eigenvalue weighted by Gasteiger charge is 2.38. The number of hydrogen-bond donors (Lipinski definition) is 2. The summed E-state index contributed by atoms with van der Waals surface area (Å²) >= 11 is 0. The van der Waals surface area contributed by atoms with Gasteiger partial charge in [-0.05, 0) is 72.9 Å². The molecule has 0 bridgehead atoms. The summed E-state index contributed by atoms with van der Waals surface area (Å²) in [7, 11) is 1.66. The number of fused-ring (bicyclic) bond motifs is 1. The van der Waals surface area contributed by atoms with Gasteiger partial charge < -0.3 is 19.7 Å². The minimum atomic E-state index is -0.249. The van der Waals surface area contributed by atoms with Crippen LogP contribution in [-0.2, 0) is 10.8 Å². The molecule has 1 heterocycles. The lowest BCUT2D eigenvalue weighted by molar-refractivity contribution is 0.106. The fourth-order valence-electron chi connectivity index (χ4n) is 4.36. The summed E-state index contributed by atoms with van der Waals surface area (Å²) in [6.45, 7) is 12.5. The summed E-state index contributed by atoms with van der Waals surface area (Å²) in [5, 5.41) is 20.4. The highest BCUT2D eigenvalue weighted by Crippen LogP contribution is 2.47. The molecule has 1 unspecified atom stereocenters. The van der Waals surface area contributed by atoms with E-state index in [1.54, 1.807) is 7.11 Å². The van der Waals surface area contributed by atoms with Crippen LogP contribution in [0.5, 0.6) is 23.0 Å². The first-order valence-corrected chi connectivity index (χ1v) is 9.83. The van der Waals surface area contributed by atoms with Crippen LogP contribution in [-0.4, -0.2) is 23.4 Å². The molecule has 1 atom stereocenters. The number of aryl methyl sites for hydroxylation is 2. The summed E-state index contributed by atoms with van der Waals surface area (Å²) in [6.07, 6.45) is 1.66. The zero-order valence-electron chi connectivity index (χ0n) is 18.0. The molecule has 2 aromatic carbocycles. The number of methoxy groups -OCH3 is 1. The van der Waals surface area contributed by atoms with Gasteiger partial charge >= 0.3 is 0 Å². The van der Waals surface area contributed by atoms with Gasteiger partial charge in [0.25, 0.3) is 0 Å². The number of phenolic OH excluding ortho intramolecular Hbond substituents is 2. The average molecular weight is 385 g/mol. The molecule has 0 aliphatic carbocycles. The van der Waals surface area contributed by atoms with Crippen molar-refractivity contribution >= 4 is 0 Å². The van der Waals surface area contributed by atoms with E-state index in [1.807, 2.05) is 38.1 Å². The Kier molecular flexibility index (Phi) is 5.03. The zero-order valence-corrected chi connectivity index (χ0v) is 18.0. The maximum absolute atomic E-state index is 10.2. The average Bonchev–Trinajstić information content (AvgIpc) is 2.58. The van der Waals surface area contributed by atoms with Crippen LogP contribution in [0.2, 0.25) is 0 Å². The Balaban J connectivity index is 1.93. The zero-order chi connectivity index (χ0) is 20.9. The third kappa shape index (κ3) is 3.65. The molecular formula is C24H32O4. The van der Waals surface area contributed by atoms with E-state index < -0.39 is 0 Å². The molecule has 4 nitrogen and oxygen atoms in total. The normalized spacial score (nSPS) is 18.3. The van der Waals surface area contributed by atoms with Gasteiger partial charge in [0, 0.05) is 11.1 Å². The second-order valence-corrected chi connectivity index (χ2v) is 9.39. The Labute approximate surface area is 168 Å². The molecule has 3 rings (SSSR count). The van der Waals surface area contributed by atoms with Crippen LogP contribution in [0, 0.1) is 13.8 Å². The second-order valence-electron chi connectivity index (χ2n) is 9.39. The molecule has 2 N–H and O–H groups in total. The van der Waals surface area contributed by atoms with E-state index >= 15 is 0 Å². The molecule has 152 valence electrons. The Bertz CT molecular complexity index is 896. The number of hydrogen-bond acceptors (Lipinski definition) is 4. The number of benzene rings is 2. The molecule has 0 aromatic heterocycles. The van der Waals surface area contributed by atoms with Crippen molar-refractivity contribution in [1.82, 2.24) is 0 Å². The van der Waals surface area contributed by atoms with Crippen molar-refractivity contribution < 1.29 is 19.7 Å². The van der Waals surface area contributed by atoms with Gasteiger partial charge in [0.15, 0.2) is 0 Å². The Morgan fingerprint density at radius 3 is 2.32 bits per heavy atom. The van der Waals surface area contributed by atoms with E-state index in [1.165, 1.54) is 0 Å². The van der Waals surface area contributed by atoms with Crippen molar-refractivity contribution in [3.05, 3.63) is 46.5 Å². The first kappa shape index (κ1) is 20.4. The fraction of sp³-hybridized carbons (Fsp3) is 0.500. The first-order chi connectivity index (χ1) is 12.9. The lowest BCUT2D eigenvalue weighted by Crippen LogP contribution is -2.38. The predicted octanol–water partition coefficient (Wildman–Crippen LogP) is 5.52. The molecular weight excluding hydrogens is 352 g/mol. The summed E-state index contributed by atoms with van der Waals surface area (Å²) < 4.78 is 12.0. The van der Waals surface area contributed by atoms with E-state index in [0.29, 0.717) is 5.75 Å². The van der Waals surface area contributed by atoms with Crippen molar-refractivity contribution in [3.8, 4) is 23.0 Å². The molecule has 1 aliphatic rings. The Morgan fingerprint density at radius 2 is 1.68 bits per heavy atom. The summed E-state index contributed by atoms with van der Waals surface area (Å²) in [5.74, 6) is 2.24. The monoisotopic (exact) mass is 384 g/mol. The highest BCUT2D eigenvalue weighted by molar-refractivity contribution is 5.51. The summed E-state index contributed by atoms with van der Waals surface area (Å²) in [5.41, 5.74) is 3.30. The summed E-state index contributed by atoms with van der Waals surface area (Å²) in [4.78, 5) is 0. The maximum Gasteiger partial charge on any atom is 0.123 e. The SMILES string of the molecule is COc1cc(C)c(O)cc1C(C)(C)CC1CC(C)(C)c2cc(O)c(C)cc2O1. The molecule has 0 spiro atoms. The predicted molar refractivity (Wildman–Crippen MR) is 112 cm³/mol. The van der Waals surface area contributed by atoms with Gasteiger partial charge in [0.1, 0.15) is 29.1 Å². The van der Waals surface area contributed by atoms with E-state index in [-0.39, 0.29) is 22.7 Å². The molecule has 0 fully saturated rings.